The molecule has 3 unspecified atom stereocenters. The highest BCUT2D eigenvalue weighted by atomic mass is 16.5. The highest BCUT2D eigenvalue weighted by molar-refractivity contribution is 5.77. The topological polar surface area (TPSA) is 95.9 Å². The summed E-state index contributed by atoms with van der Waals surface area (Å²) in [5.74, 6) is -0.489. The zero-order chi connectivity index (χ0) is 45.2. The lowest BCUT2D eigenvalue weighted by molar-refractivity contribution is -0.151. The first-order valence-corrected chi connectivity index (χ1v) is 27.6. The Morgan fingerprint density at radius 3 is 1.21 bits per heavy atom. The monoisotopic (exact) mass is 874 g/mol. The van der Waals surface area contributed by atoms with E-state index in [-0.39, 0.29) is 24.9 Å². The van der Waals surface area contributed by atoms with Crippen LogP contribution in [0.3, 0.4) is 0 Å². The van der Waals surface area contributed by atoms with Crippen molar-refractivity contribution in [2.45, 2.75) is 315 Å². The summed E-state index contributed by atoms with van der Waals surface area (Å²) in [5.41, 5.74) is 0. The van der Waals surface area contributed by atoms with Gasteiger partial charge in [-0.05, 0) is 70.6 Å². The summed E-state index contributed by atoms with van der Waals surface area (Å²) in [6, 6.07) is -0.704. The van der Waals surface area contributed by atoms with Gasteiger partial charge in [0.15, 0.2) is 0 Å². The number of ether oxygens (including phenoxy) is 1. The van der Waals surface area contributed by atoms with Crippen LogP contribution in [0.15, 0.2) is 24.3 Å². The normalized spacial score (nSPS) is 13.3. The van der Waals surface area contributed by atoms with E-state index in [1.165, 1.54) is 180 Å². The summed E-state index contributed by atoms with van der Waals surface area (Å²) < 4.78 is 5.92. The fraction of sp³-hybridized carbons (Fsp3) is 0.893. The van der Waals surface area contributed by atoms with Crippen molar-refractivity contribution in [2.24, 2.45) is 0 Å². The van der Waals surface area contributed by atoms with Crippen LogP contribution in [0.2, 0.25) is 0 Å². The van der Waals surface area contributed by atoms with E-state index in [1.54, 1.807) is 0 Å². The average Bonchev–Trinajstić information content (AvgIpc) is 3.26. The van der Waals surface area contributed by atoms with Gasteiger partial charge in [0.1, 0.15) is 6.10 Å². The van der Waals surface area contributed by atoms with Gasteiger partial charge in [0.2, 0.25) is 5.91 Å². The number of nitrogens with one attached hydrogen (secondary N) is 1. The fourth-order valence-electron chi connectivity index (χ4n) is 8.53. The molecule has 3 N–H and O–H groups in total. The Hall–Kier alpha value is -1.66. The summed E-state index contributed by atoms with van der Waals surface area (Å²) in [6.07, 6.45) is 58.2. The Morgan fingerprint density at radius 1 is 0.452 bits per heavy atom. The third kappa shape index (κ3) is 44.9. The number of amides is 1. The summed E-state index contributed by atoms with van der Waals surface area (Å²) in [4.78, 5) is 26.1. The van der Waals surface area contributed by atoms with Gasteiger partial charge in [-0.3, -0.25) is 9.59 Å². The van der Waals surface area contributed by atoms with Gasteiger partial charge in [0, 0.05) is 6.42 Å². The fourth-order valence-corrected chi connectivity index (χ4v) is 8.53. The molecule has 0 aromatic carbocycles. The molecule has 0 heterocycles. The molecular formula is C56H107NO5. The first kappa shape index (κ1) is 60.3. The number of carbonyl (C=O) groups excluding carboxylic acids is 2. The first-order valence-electron chi connectivity index (χ1n) is 27.6. The van der Waals surface area contributed by atoms with E-state index in [1.807, 2.05) is 0 Å². The molecule has 62 heavy (non-hydrogen) atoms. The molecule has 0 aliphatic heterocycles. The number of rotatable bonds is 50. The van der Waals surface area contributed by atoms with Crippen LogP contribution in [-0.2, 0) is 14.3 Å². The Bertz CT molecular complexity index is 981. The molecule has 0 saturated heterocycles. The molecule has 0 rings (SSSR count). The third-order valence-corrected chi connectivity index (χ3v) is 12.8. The number of esters is 1. The molecule has 0 aliphatic rings. The van der Waals surface area contributed by atoms with Crippen LogP contribution in [0.25, 0.3) is 0 Å². The standard InChI is InChI=1S/C56H107NO5/c1-4-7-10-13-16-19-21-23-25-27-28-30-32-34-37-40-43-46-49-56(61)62-52(47-44-41-38-35-18-15-12-9-6-3)50-55(60)57-53(51-58)54(59)48-45-42-39-36-33-31-29-26-24-22-20-17-14-11-8-5-2/h15,18,28,30,52-54,58-59H,4-14,16-17,19-27,29,31-51H2,1-3H3,(H,57,60)/b18-15-,30-28+. The van der Waals surface area contributed by atoms with E-state index in [4.69, 9.17) is 4.74 Å². The average molecular weight is 874 g/mol. The number of unbranched alkanes of at least 4 members (excludes halogenated alkanes) is 34. The molecule has 3 atom stereocenters. The largest absolute Gasteiger partial charge is 0.462 e. The highest BCUT2D eigenvalue weighted by Gasteiger charge is 2.24. The number of hydrogen-bond acceptors (Lipinski definition) is 5. The lowest BCUT2D eigenvalue weighted by atomic mass is 10.0. The predicted molar refractivity (Wildman–Crippen MR) is 269 cm³/mol. The summed E-state index contributed by atoms with van der Waals surface area (Å²) in [7, 11) is 0. The molecule has 0 spiro atoms. The minimum absolute atomic E-state index is 0.0670. The molecule has 0 aromatic heterocycles. The SMILES string of the molecule is CCCC/C=C\CCCCCC(CC(=O)NC(CO)C(O)CCCCCCCCCCCCCCCCCC)OC(=O)CCCCCCC/C=C/CCCCCCCCCCC. The number of hydrogen-bond donors (Lipinski definition) is 3. The van der Waals surface area contributed by atoms with Gasteiger partial charge in [-0.25, -0.2) is 0 Å². The Morgan fingerprint density at radius 2 is 0.790 bits per heavy atom. The van der Waals surface area contributed by atoms with Gasteiger partial charge < -0.3 is 20.3 Å². The van der Waals surface area contributed by atoms with Gasteiger partial charge >= 0.3 is 5.97 Å². The molecule has 6 heteroatoms. The molecule has 366 valence electrons. The van der Waals surface area contributed by atoms with Crippen LogP contribution in [0.4, 0.5) is 0 Å². The van der Waals surface area contributed by atoms with E-state index in [2.05, 4.69) is 50.4 Å². The molecule has 6 nitrogen and oxygen atoms in total. The van der Waals surface area contributed by atoms with E-state index >= 15 is 0 Å². The highest BCUT2D eigenvalue weighted by Crippen LogP contribution is 2.18. The van der Waals surface area contributed by atoms with E-state index in [9.17, 15) is 19.8 Å². The van der Waals surface area contributed by atoms with Gasteiger partial charge in [0.05, 0.1) is 25.2 Å². The molecule has 1 amide bonds. The maximum atomic E-state index is 13.2. The summed E-state index contributed by atoms with van der Waals surface area (Å²) in [5, 5.41) is 23.8. The van der Waals surface area contributed by atoms with Gasteiger partial charge in [-0.1, -0.05) is 238 Å². The van der Waals surface area contributed by atoms with Gasteiger partial charge in [-0.2, -0.15) is 0 Å². The van der Waals surface area contributed by atoms with Gasteiger partial charge in [0.25, 0.3) is 0 Å². The van der Waals surface area contributed by atoms with Crippen LogP contribution in [0.5, 0.6) is 0 Å². The van der Waals surface area contributed by atoms with Crippen LogP contribution in [0, 0.1) is 0 Å². The van der Waals surface area contributed by atoms with Crippen molar-refractivity contribution < 1.29 is 24.5 Å². The number of carbonyl (C=O) groups is 2. The summed E-state index contributed by atoms with van der Waals surface area (Å²) in [6.45, 7) is 6.46. The lowest BCUT2D eigenvalue weighted by Crippen LogP contribution is -2.46. The second kappa shape index (κ2) is 50.3. The Labute approximate surface area is 386 Å². The van der Waals surface area contributed by atoms with E-state index < -0.39 is 18.2 Å². The van der Waals surface area contributed by atoms with E-state index in [0.717, 1.165) is 70.6 Å². The third-order valence-electron chi connectivity index (χ3n) is 12.8. The molecule has 0 fully saturated rings. The minimum Gasteiger partial charge on any atom is -0.462 e. The van der Waals surface area contributed by atoms with E-state index in [0.29, 0.717) is 19.3 Å². The second-order valence-corrected chi connectivity index (χ2v) is 19.0. The van der Waals surface area contributed by atoms with Crippen molar-refractivity contribution in [3.63, 3.8) is 0 Å². The first-order chi connectivity index (χ1) is 30.5. The number of aliphatic hydroxyl groups is 2. The Balaban J connectivity index is 4.39. The molecule has 0 radical (unpaired) electrons. The quantitative estimate of drug-likeness (QED) is 0.0321. The minimum atomic E-state index is -0.789. The zero-order valence-corrected chi connectivity index (χ0v) is 41.8. The lowest BCUT2D eigenvalue weighted by Gasteiger charge is -2.24. The van der Waals surface area contributed by atoms with Crippen molar-refractivity contribution in [3.05, 3.63) is 24.3 Å². The van der Waals surface area contributed by atoms with Crippen LogP contribution < -0.4 is 5.32 Å². The predicted octanol–water partition coefficient (Wildman–Crippen LogP) is 16.7. The molecule has 0 bridgehead atoms. The van der Waals surface area contributed by atoms with Crippen molar-refractivity contribution in [3.8, 4) is 0 Å². The van der Waals surface area contributed by atoms with Crippen molar-refractivity contribution in [1.82, 2.24) is 5.32 Å². The zero-order valence-electron chi connectivity index (χ0n) is 41.8. The molecule has 0 aliphatic carbocycles. The van der Waals surface area contributed by atoms with Crippen molar-refractivity contribution >= 4 is 11.9 Å². The van der Waals surface area contributed by atoms with Crippen LogP contribution in [0.1, 0.15) is 297 Å². The maximum absolute atomic E-state index is 13.2. The van der Waals surface area contributed by atoms with Crippen LogP contribution in [-0.4, -0.2) is 46.9 Å². The number of allylic oxidation sites excluding steroid dienone is 4. The molecule has 0 saturated carbocycles. The second-order valence-electron chi connectivity index (χ2n) is 19.0. The number of aliphatic hydroxyl groups excluding tert-OH is 2. The maximum Gasteiger partial charge on any atom is 0.306 e. The Kier molecular flexibility index (Phi) is 49.0. The molecular weight excluding hydrogens is 767 g/mol. The van der Waals surface area contributed by atoms with Crippen LogP contribution >= 0.6 is 0 Å². The van der Waals surface area contributed by atoms with Crippen molar-refractivity contribution in [2.75, 3.05) is 6.61 Å². The van der Waals surface area contributed by atoms with Gasteiger partial charge in [-0.15, -0.1) is 0 Å². The molecule has 0 aromatic rings. The smallest absolute Gasteiger partial charge is 0.306 e. The van der Waals surface area contributed by atoms with Crippen molar-refractivity contribution in [1.29, 1.82) is 0 Å². The summed E-state index contributed by atoms with van der Waals surface area (Å²) >= 11 is 0.